The minimum atomic E-state index is -4.27. The summed E-state index contributed by atoms with van der Waals surface area (Å²) >= 11 is -4.01. The fraction of sp³-hybridized carbons (Fsp3) is 1.00. The second kappa shape index (κ2) is 16.0. The minimum absolute atomic E-state index is 0.129. The second-order valence-electron chi connectivity index (χ2n) is 7.67. The molecule has 9 heteroatoms. The molecule has 0 fully saturated rings. The van der Waals surface area contributed by atoms with Gasteiger partial charge in [-0.25, -0.2) is 0 Å². The molecule has 0 saturated carbocycles. The summed E-state index contributed by atoms with van der Waals surface area (Å²) in [6.45, 7) is 4.89. The first-order chi connectivity index (χ1) is 13.5. The summed E-state index contributed by atoms with van der Waals surface area (Å²) in [7, 11) is 0. The van der Waals surface area contributed by atoms with E-state index in [1.165, 1.54) is 0 Å². The Hall–Kier alpha value is 0.299. The molecule has 0 bridgehead atoms. The molecule has 0 amide bonds. The molecule has 0 unspecified atom stereocenters. The Bertz CT molecular complexity index is 352. The topological polar surface area (TPSA) is 18.5 Å². The molecule has 0 heterocycles. The Balaban J connectivity index is 4.96. The number of hydrogen-bond acceptors (Lipinski definition) is 2. The number of hydrogen-bond donors (Lipinski definition) is 0. The Morgan fingerprint density at radius 1 is 0.552 bits per heavy atom. The number of halogens is 6. The summed E-state index contributed by atoms with van der Waals surface area (Å²) in [4.78, 5) is 0. The van der Waals surface area contributed by atoms with Crippen molar-refractivity contribution >= 4 is 19.2 Å². The zero-order valence-electron chi connectivity index (χ0n) is 17.9. The van der Waals surface area contributed by atoms with Gasteiger partial charge in [0.05, 0.1) is 0 Å². The molecular formula is C20H38F6O2Sn. The van der Waals surface area contributed by atoms with E-state index in [0.29, 0.717) is 13.2 Å². The van der Waals surface area contributed by atoms with Crippen LogP contribution in [0.15, 0.2) is 0 Å². The van der Waals surface area contributed by atoms with Gasteiger partial charge in [-0.1, -0.05) is 0 Å². The third kappa shape index (κ3) is 18.8. The van der Waals surface area contributed by atoms with Crippen LogP contribution in [-0.2, 0) is 6.15 Å². The first kappa shape index (κ1) is 29.3. The molecule has 0 atom stereocenters. The molecule has 0 aliphatic rings. The maximum absolute atomic E-state index is 12.6. The number of unbranched alkanes of at least 4 members (excludes halogenated alkanes) is 6. The van der Waals surface area contributed by atoms with E-state index in [1.54, 1.807) is 0 Å². The van der Waals surface area contributed by atoms with Crippen molar-refractivity contribution in [1.82, 2.24) is 0 Å². The summed E-state index contributed by atoms with van der Waals surface area (Å²) < 4.78 is 88.1. The first-order valence-electron chi connectivity index (χ1n) is 10.9. The zero-order valence-corrected chi connectivity index (χ0v) is 20.8. The van der Waals surface area contributed by atoms with E-state index in [-0.39, 0.29) is 21.7 Å². The molecule has 0 rings (SSSR count). The second-order valence-corrected chi connectivity index (χ2v) is 17.4. The average Bonchev–Trinajstić information content (AvgIpc) is 2.59. The van der Waals surface area contributed by atoms with E-state index in [4.69, 9.17) is 6.15 Å². The van der Waals surface area contributed by atoms with Crippen molar-refractivity contribution < 1.29 is 32.5 Å². The van der Waals surface area contributed by atoms with Crippen molar-refractivity contribution in [2.45, 2.75) is 112 Å². The van der Waals surface area contributed by atoms with Crippen molar-refractivity contribution in [3.8, 4) is 0 Å². The van der Waals surface area contributed by atoms with Crippen molar-refractivity contribution in [2.24, 2.45) is 0 Å². The Morgan fingerprint density at radius 2 is 0.931 bits per heavy atom. The van der Waals surface area contributed by atoms with Crippen LogP contribution in [0, 0.1) is 0 Å². The van der Waals surface area contributed by atoms with Crippen LogP contribution < -0.4 is 0 Å². The molecule has 176 valence electrons. The van der Waals surface area contributed by atoms with Gasteiger partial charge in [0.15, 0.2) is 0 Å². The number of rotatable bonds is 18. The van der Waals surface area contributed by atoms with Gasteiger partial charge >= 0.3 is 177 Å². The Morgan fingerprint density at radius 3 is 1.24 bits per heavy atom. The van der Waals surface area contributed by atoms with Gasteiger partial charge in [0.1, 0.15) is 0 Å². The zero-order chi connectivity index (χ0) is 22.2. The maximum atomic E-state index is 12.6. The molecule has 0 saturated heterocycles. The van der Waals surface area contributed by atoms with Crippen LogP contribution >= 0.6 is 0 Å². The average molecular weight is 543 g/mol. The normalized spacial score (nSPS) is 13.2. The number of alkyl halides is 6. The fourth-order valence-electron chi connectivity index (χ4n) is 3.15. The monoisotopic (exact) mass is 544 g/mol. The van der Waals surface area contributed by atoms with E-state index in [9.17, 15) is 26.3 Å². The molecule has 0 aromatic heterocycles. The van der Waals surface area contributed by atoms with Crippen molar-refractivity contribution in [3.05, 3.63) is 0 Å². The Kier molecular flexibility index (Phi) is 16.2. The van der Waals surface area contributed by atoms with E-state index in [0.717, 1.165) is 51.4 Å². The first-order valence-corrected chi connectivity index (χ1v) is 17.3. The Labute approximate surface area is 177 Å². The van der Waals surface area contributed by atoms with Crippen molar-refractivity contribution in [3.63, 3.8) is 0 Å². The molecule has 0 N–H and O–H groups in total. The SMILES string of the molecule is CCCCCC[O][Sn]([CH2]CCC(F)(F)F)([CH2]CCC(F)(F)F)[O]CCCCCC. The van der Waals surface area contributed by atoms with Gasteiger partial charge in [0.2, 0.25) is 0 Å². The fourth-order valence-corrected chi connectivity index (χ4v) is 12.8. The predicted octanol–water partition coefficient (Wildman–Crippen LogP) is 8.31. The van der Waals surface area contributed by atoms with Crippen molar-refractivity contribution in [2.75, 3.05) is 13.2 Å². The quantitative estimate of drug-likeness (QED) is 0.0984. The summed E-state index contributed by atoms with van der Waals surface area (Å²) in [5.41, 5.74) is 0. The molecule has 2 nitrogen and oxygen atoms in total. The van der Waals surface area contributed by atoms with Gasteiger partial charge < -0.3 is 0 Å². The van der Waals surface area contributed by atoms with Crippen LogP contribution in [0.5, 0.6) is 0 Å². The molecule has 29 heavy (non-hydrogen) atoms. The molecule has 0 aromatic carbocycles. The van der Waals surface area contributed by atoms with Crippen molar-refractivity contribution in [1.29, 1.82) is 0 Å². The van der Waals surface area contributed by atoms with Crippen LogP contribution in [0.2, 0.25) is 8.87 Å². The van der Waals surface area contributed by atoms with E-state index < -0.39 is 44.4 Å². The van der Waals surface area contributed by atoms with E-state index in [2.05, 4.69) is 13.8 Å². The molecule has 0 radical (unpaired) electrons. The molecule has 0 aliphatic heterocycles. The summed E-state index contributed by atoms with van der Waals surface area (Å²) in [5.74, 6) is 0. The van der Waals surface area contributed by atoms with Crippen LogP contribution in [0.25, 0.3) is 0 Å². The van der Waals surface area contributed by atoms with Gasteiger partial charge in [0, 0.05) is 0 Å². The predicted molar refractivity (Wildman–Crippen MR) is 106 cm³/mol. The van der Waals surface area contributed by atoms with E-state index >= 15 is 0 Å². The van der Waals surface area contributed by atoms with Gasteiger partial charge in [-0.05, 0) is 0 Å². The standard InChI is InChI=1S/2C6H13O.2C4H6F3.Sn/c2*1-2-3-4-5-6-7;2*1-2-3-4(5,6)7;/h2*2-6H2,1H3;2*1-3H2;/q2*-1;;;+2. The van der Waals surface area contributed by atoms with Gasteiger partial charge in [-0.2, -0.15) is 0 Å². The van der Waals surface area contributed by atoms with Crippen LogP contribution in [0.1, 0.15) is 90.9 Å². The third-order valence-electron chi connectivity index (χ3n) is 4.76. The summed E-state index contributed by atoms with van der Waals surface area (Å²) in [5, 5.41) is 0. The molecule has 0 aliphatic carbocycles. The van der Waals surface area contributed by atoms with Gasteiger partial charge in [0.25, 0.3) is 0 Å². The molecule has 0 spiro atoms. The van der Waals surface area contributed by atoms with Crippen LogP contribution in [0.3, 0.4) is 0 Å². The van der Waals surface area contributed by atoms with E-state index in [1.807, 2.05) is 0 Å². The van der Waals surface area contributed by atoms with Crippen LogP contribution in [0.4, 0.5) is 26.3 Å². The van der Waals surface area contributed by atoms with Gasteiger partial charge in [-0.3, -0.25) is 0 Å². The third-order valence-corrected chi connectivity index (χ3v) is 15.3. The van der Waals surface area contributed by atoms with Crippen LogP contribution in [-0.4, -0.2) is 44.8 Å². The summed E-state index contributed by atoms with van der Waals surface area (Å²) in [6.07, 6.45) is -3.11. The van der Waals surface area contributed by atoms with Gasteiger partial charge in [-0.15, -0.1) is 0 Å². The molecule has 0 aromatic rings. The summed E-state index contributed by atoms with van der Waals surface area (Å²) in [6, 6.07) is 0. The molecular weight excluding hydrogens is 505 g/mol.